The van der Waals surface area contributed by atoms with Crippen LogP contribution in [-0.4, -0.2) is 64.2 Å². The van der Waals surface area contributed by atoms with Crippen molar-refractivity contribution in [1.29, 1.82) is 10.5 Å². The summed E-state index contributed by atoms with van der Waals surface area (Å²) in [7, 11) is -2.61. The Hall–Kier alpha value is -3.10. The minimum absolute atomic E-state index is 0.0552. The summed E-state index contributed by atoms with van der Waals surface area (Å²) >= 11 is 5.65. The minimum Gasteiger partial charge on any atom is -0.392 e. The van der Waals surface area contributed by atoms with Crippen LogP contribution in [0.1, 0.15) is 140 Å². The average molecular weight is 823 g/mol. The Balaban J connectivity index is 0.00000169. The summed E-state index contributed by atoms with van der Waals surface area (Å²) in [6, 6.07) is 10.5. The molecule has 0 saturated carbocycles. The van der Waals surface area contributed by atoms with Gasteiger partial charge in [-0.3, -0.25) is 9.05 Å². The first-order chi connectivity index (χ1) is 27.2. The van der Waals surface area contributed by atoms with E-state index in [0.717, 1.165) is 24.2 Å². The third kappa shape index (κ3) is 25.2. The van der Waals surface area contributed by atoms with Crippen molar-refractivity contribution in [1.82, 2.24) is 14.6 Å². The maximum Gasteiger partial charge on any atom is 0.472 e. The fourth-order valence-electron chi connectivity index (χ4n) is 5.64. The van der Waals surface area contributed by atoms with Crippen molar-refractivity contribution in [3.8, 4) is 12.6 Å². The number of nitriles is 2. The molecular formula is C41H68ClN6O7P. The number of hydrogen-bond acceptors (Lipinski definition) is 11. The predicted octanol–water partition coefficient (Wildman–Crippen LogP) is 10.2. The standard InChI is InChI=1S/C30H55N4O6P.C8H6ClNO.C2H6.CHN/c1-3-4-5-6-7-8-9-10-11-12-13-14-15-16-22-38-23-17-24-39-41(35,36)40-25-28(37-2)20-18-27-19-21-29-30(31)32-26-33-34(27)29;9-8-2-6(4-10)1-7(3-8)5-11;2*1-2/h19,21,26,28H,3-18,20,22-25H2,1-2H3,(H,35,36)(H2,31,32,33);1-3,11H,5H2;1-2H3;1H. The van der Waals surface area contributed by atoms with Gasteiger partial charge in [0.1, 0.15) is 11.8 Å². The first-order valence-corrected chi connectivity index (χ1v) is 22.0. The zero-order valence-corrected chi connectivity index (χ0v) is 35.9. The number of methoxy groups -OCH3 is 1. The van der Waals surface area contributed by atoms with Crippen molar-refractivity contribution >= 4 is 30.8 Å². The lowest BCUT2D eigenvalue weighted by atomic mass is 10.0. The van der Waals surface area contributed by atoms with E-state index in [1.165, 1.54) is 89.8 Å². The molecule has 56 heavy (non-hydrogen) atoms. The Morgan fingerprint density at radius 2 is 1.50 bits per heavy atom. The molecular weight excluding hydrogens is 755 g/mol. The first kappa shape index (κ1) is 52.9. The van der Waals surface area contributed by atoms with Gasteiger partial charge < -0.3 is 25.2 Å². The van der Waals surface area contributed by atoms with Crippen LogP contribution >= 0.6 is 19.4 Å². The molecule has 0 saturated heterocycles. The smallest absolute Gasteiger partial charge is 0.392 e. The summed E-state index contributed by atoms with van der Waals surface area (Å²) in [5.74, 6) is 0.413. The van der Waals surface area contributed by atoms with Crippen LogP contribution < -0.4 is 5.73 Å². The van der Waals surface area contributed by atoms with E-state index in [1.807, 2.05) is 32.0 Å². The highest BCUT2D eigenvalue weighted by Gasteiger charge is 2.23. The van der Waals surface area contributed by atoms with Crippen LogP contribution in [0, 0.1) is 23.2 Å². The van der Waals surface area contributed by atoms with E-state index in [2.05, 4.69) is 23.6 Å². The van der Waals surface area contributed by atoms with Crippen LogP contribution in [0.25, 0.3) is 5.52 Å². The second-order valence-electron chi connectivity index (χ2n) is 12.9. The first-order valence-electron chi connectivity index (χ1n) is 20.1. The topological polar surface area (TPSA) is 198 Å². The molecule has 3 rings (SSSR count). The number of aliphatic hydroxyl groups excluding tert-OH is 1. The molecule has 2 aromatic heterocycles. The minimum atomic E-state index is -4.16. The lowest BCUT2D eigenvalue weighted by Gasteiger charge is -2.18. The van der Waals surface area contributed by atoms with Gasteiger partial charge in [0, 0.05) is 37.6 Å². The van der Waals surface area contributed by atoms with Crippen molar-refractivity contribution in [3.63, 3.8) is 0 Å². The number of hydrogen-bond donors (Lipinski definition) is 3. The molecule has 2 atom stereocenters. The van der Waals surface area contributed by atoms with E-state index >= 15 is 0 Å². The SMILES string of the molecule is C#N.CC.CCCCCCCCCCCCCCCCOCCCOP(=O)(O)OCC(CCc1ccc2c(N)ncnn12)OC.N#Cc1cc(Cl)cc(CO)c1. The monoisotopic (exact) mass is 822 g/mol. The number of halogens is 1. The van der Waals surface area contributed by atoms with Crippen molar-refractivity contribution < 1.29 is 33.1 Å². The van der Waals surface area contributed by atoms with E-state index in [1.54, 1.807) is 29.8 Å². The van der Waals surface area contributed by atoms with Gasteiger partial charge >= 0.3 is 7.82 Å². The molecule has 2 unspecified atom stereocenters. The number of nitrogens with zero attached hydrogens (tertiary/aromatic N) is 5. The van der Waals surface area contributed by atoms with Gasteiger partial charge in [-0.15, -0.1) is 0 Å². The molecule has 13 nitrogen and oxygen atoms in total. The summed E-state index contributed by atoms with van der Waals surface area (Å²) in [6.45, 7) is 10.9. The third-order valence-electron chi connectivity index (χ3n) is 8.64. The molecule has 1 aromatic carbocycles. The largest absolute Gasteiger partial charge is 0.472 e. The van der Waals surface area contributed by atoms with Crippen LogP contribution in [0.2, 0.25) is 5.02 Å². The van der Waals surface area contributed by atoms with Crippen LogP contribution in [0.4, 0.5) is 5.82 Å². The summed E-state index contributed by atoms with van der Waals surface area (Å²) < 4.78 is 35.3. The second-order valence-corrected chi connectivity index (χ2v) is 14.8. The number of nitrogen functional groups attached to an aromatic ring is 1. The second kappa shape index (κ2) is 35.1. The molecule has 2 heterocycles. The molecule has 15 heteroatoms. The van der Waals surface area contributed by atoms with Gasteiger partial charge in [0.25, 0.3) is 0 Å². The Kier molecular flexibility index (Phi) is 33.2. The van der Waals surface area contributed by atoms with E-state index in [4.69, 9.17) is 51.5 Å². The van der Waals surface area contributed by atoms with Crippen molar-refractivity contribution in [2.24, 2.45) is 0 Å². The summed E-state index contributed by atoms with van der Waals surface area (Å²) in [5.41, 5.74) is 8.69. The Morgan fingerprint density at radius 1 is 0.911 bits per heavy atom. The number of aliphatic hydroxyl groups is 1. The number of nitrogens with two attached hydrogens (primary N) is 1. The fraction of sp³-hybridized carbons (Fsp3) is 0.659. The molecule has 0 aliphatic rings. The number of anilines is 1. The molecule has 0 radical (unpaired) electrons. The maximum atomic E-state index is 12.2. The molecule has 0 amide bonds. The molecule has 316 valence electrons. The maximum absolute atomic E-state index is 12.2. The third-order valence-corrected chi connectivity index (χ3v) is 9.84. The molecule has 0 bridgehead atoms. The van der Waals surface area contributed by atoms with Gasteiger partial charge in [0.2, 0.25) is 0 Å². The number of rotatable bonds is 28. The summed E-state index contributed by atoms with van der Waals surface area (Å²) in [6.07, 6.45) is 21.4. The molecule has 4 N–H and O–H groups in total. The number of unbranched alkanes of at least 4 members (excludes halogenated alkanes) is 13. The highest BCUT2D eigenvalue weighted by Crippen LogP contribution is 2.43. The zero-order valence-electron chi connectivity index (χ0n) is 34.2. The van der Waals surface area contributed by atoms with Gasteiger partial charge in [0.05, 0.1) is 37.6 Å². The summed E-state index contributed by atoms with van der Waals surface area (Å²) in [5, 5.41) is 28.4. The molecule has 3 aromatic rings. The van der Waals surface area contributed by atoms with Crippen LogP contribution in [0.15, 0.2) is 36.7 Å². The summed E-state index contributed by atoms with van der Waals surface area (Å²) in [4.78, 5) is 14.0. The average Bonchev–Trinajstić information content (AvgIpc) is 3.64. The van der Waals surface area contributed by atoms with E-state index < -0.39 is 7.82 Å². The predicted molar refractivity (Wildman–Crippen MR) is 224 cm³/mol. The van der Waals surface area contributed by atoms with E-state index in [0.29, 0.717) is 47.8 Å². The number of fused-ring (bicyclic) bond motifs is 1. The number of phosphoric ester groups is 1. The Labute approximate surface area is 341 Å². The highest BCUT2D eigenvalue weighted by molar-refractivity contribution is 7.47. The quantitative estimate of drug-likeness (QED) is 0.0463. The highest BCUT2D eigenvalue weighted by atomic mass is 35.5. The molecule has 0 spiro atoms. The lowest BCUT2D eigenvalue weighted by Crippen LogP contribution is -2.19. The Bertz CT molecular complexity index is 1520. The molecule has 0 fully saturated rings. The number of aryl methyl sites for hydroxylation is 1. The Morgan fingerprint density at radius 3 is 2.07 bits per heavy atom. The molecule has 0 aliphatic heterocycles. The van der Waals surface area contributed by atoms with E-state index in [9.17, 15) is 9.46 Å². The van der Waals surface area contributed by atoms with Crippen LogP contribution in [0.5, 0.6) is 0 Å². The normalized spacial score (nSPS) is 12.2. The van der Waals surface area contributed by atoms with Crippen molar-refractivity contribution in [3.05, 3.63) is 58.5 Å². The van der Waals surface area contributed by atoms with Crippen LogP contribution in [-0.2, 0) is 36.1 Å². The van der Waals surface area contributed by atoms with Crippen LogP contribution in [0.3, 0.4) is 0 Å². The number of phosphoric acid groups is 1. The van der Waals surface area contributed by atoms with Crippen molar-refractivity contribution in [2.75, 3.05) is 39.3 Å². The molecule has 0 aliphatic carbocycles. The number of benzene rings is 1. The van der Waals surface area contributed by atoms with E-state index in [-0.39, 0.29) is 25.9 Å². The fourth-order valence-corrected chi connectivity index (χ4v) is 6.68. The lowest BCUT2D eigenvalue weighted by molar-refractivity contribution is 0.0329. The number of aromatic nitrogens is 3. The van der Waals surface area contributed by atoms with Gasteiger partial charge in [-0.05, 0) is 61.6 Å². The van der Waals surface area contributed by atoms with Gasteiger partial charge in [-0.1, -0.05) is 116 Å². The van der Waals surface area contributed by atoms with Crippen molar-refractivity contribution in [2.45, 2.75) is 143 Å². The van der Waals surface area contributed by atoms with Gasteiger partial charge in [0.15, 0.2) is 5.82 Å². The van der Waals surface area contributed by atoms with Gasteiger partial charge in [-0.25, -0.2) is 19.3 Å². The van der Waals surface area contributed by atoms with Gasteiger partial charge in [-0.2, -0.15) is 10.4 Å². The number of ether oxygens (including phenoxy) is 2. The zero-order chi connectivity index (χ0) is 41.9.